The lowest BCUT2D eigenvalue weighted by Gasteiger charge is -2.37. The minimum absolute atomic E-state index is 0.00696. The summed E-state index contributed by atoms with van der Waals surface area (Å²) >= 11 is 0. The minimum Gasteiger partial charge on any atom is -0.384 e. The van der Waals surface area contributed by atoms with Crippen LogP contribution in [0.2, 0.25) is 0 Å². The normalized spacial score (nSPS) is 16.7. The van der Waals surface area contributed by atoms with Gasteiger partial charge in [0.1, 0.15) is 0 Å². The van der Waals surface area contributed by atoms with Gasteiger partial charge in [-0.1, -0.05) is 39.0 Å². The van der Waals surface area contributed by atoms with Gasteiger partial charge < -0.3 is 15.4 Å². The second-order valence-corrected chi connectivity index (χ2v) is 8.79. The molecule has 1 saturated heterocycles. The van der Waals surface area contributed by atoms with Gasteiger partial charge >= 0.3 is 0 Å². The number of aromatic nitrogens is 2. The van der Waals surface area contributed by atoms with Crippen molar-refractivity contribution in [3.8, 4) is 5.69 Å². The molecule has 0 radical (unpaired) electrons. The van der Waals surface area contributed by atoms with Gasteiger partial charge in [0.2, 0.25) is 0 Å². The van der Waals surface area contributed by atoms with Crippen LogP contribution < -0.4 is 10.6 Å². The zero-order valence-electron chi connectivity index (χ0n) is 17.4. The Morgan fingerprint density at radius 1 is 1.25 bits per heavy atom. The molecule has 1 amide bonds. The van der Waals surface area contributed by atoms with E-state index in [-0.39, 0.29) is 16.7 Å². The van der Waals surface area contributed by atoms with Crippen molar-refractivity contribution in [3.63, 3.8) is 0 Å². The summed E-state index contributed by atoms with van der Waals surface area (Å²) in [5, 5.41) is 11.3. The Kier molecular flexibility index (Phi) is 6.20. The monoisotopic (exact) mass is 384 g/mol. The molecule has 0 aliphatic carbocycles. The predicted molar refractivity (Wildman–Crippen MR) is 111 cm³/mol. The van der Waals surface area contributed by atoms with E-state index in [1.807, 2.05) is 36.5 Å². The second kappa shape index (κ2) is 8.45. The third-order valence-corrected chi connectivity index (χ3v) is 5.43. The van der Waals surface area contributed by atoms with Crippen molar-refractivity contribution in [2.45, 2.75) is 39.0 Å². The molecule has 6 nitrogen and oxygen atoms in total. The van der Waals surface area contributed by atoms with Gasteiger partial charge in [0.25, 0.3) is 5.91 Å². The summed E-state index contributed by atoms with van der Waals surface area (Å²) in [7, 11) is 1.73. The van der Waals surface area contributed by atoms with Gasteiger partial charge in [-0.2, -0.15) is 5.10 Å². The largest absolute Gasteiger partial charge is 0.384 e. The highest BCUT2D eigenvalue weighted by molar-refractivity contribution is 5.95. The SMILES string of the molecule is COCC1(CNC(=O)c2cn(-c3ccccc3)nc2C(C)(C)C)CCNCC1. The number of carbonyl (C=O) groups is 1. The van der Waals surface area contributed by atoms with E-state index in [0.717, 1.165) is 37.3 Å². The van der Waals surface area contributed by atoms with E-state index in [4.69, 9.17) is 9.84 Å². The maximum absolute atomic E-state index is 13.1. The summed E-state index contributed by atoms with van der Waals surface area (Å²) in [5.41, 5.74) is 2.15. The van der Waals surface area contributed by atoms with Crippen molar-refractivity contribution < 1.29 is 9.53 Å². The molecule has 1 fully saturated rings. The molecule has 0 spiro atoms. The number of benzene rings is 1. The lowest BCUT2D eigenvalue weighted by atomic mass is 9.79. The standard InChI is InChI=1S/C22H32N4O2/c1-21(2,3)19-18(14-26(25-19)17-8-6-5-7-9-17)20(27)24-15-22(16-28-4)10-12-23-13-11-22/h5-9,14,23H,10-13,15-16H2,1-4H3,(H,24,27). The van der Waals surface area contributed by atoms with Crippen LogP contribution in [0.3, 0.4) is 0 Å². The molecular formula is C22H32N4O2. The number of piperidine rings is 1. The highest BCUT2D eigenvalue weighted by Crippen LogP contribution is 2.29. The first-order chi connectivity index (χ1) is 13.3. The van der Waals surface area contributed by atoms with E-state index in [0.29, 0.717) is 18.7 Å². The van der Waals surface area contributed by atoms with Crippen LogP contribution in [-0.2, 0) is 10.2 Å². The Bertz CT molecular complexity index is 781. The van der Waals surface area contributed by atoms with Crippen LogP contribution in [0.25, 0.3) is 5.69 Å². The molecule has 1 aromatic carbocycles. The van der Waals surface area contributed by atoms with Crippen LogP contribution in [0.4, 0.5) is 0 Å². The predicted octanol–water partition coefficient (Wildman–Crippen LogP) is 2.92. The average molecular weight is 385 g/mol. The average Bonchev–Trinajstić information content (AvgIpc) is 3.14. The Hall–Kier alpha value is -2.18. The molecule has 6 heteroatoms. The number of para-hydroxylation sites is 1. The fraction of sp³-hybridized carbons (Fsp3) is 0.545. The number of nitrogens with zero attached hydrogens (tertiary/aromatic N) is 2. The smallest absolute Gasteiger partial charge is 0.254 e. The van der Waals surface area contributed by atoms with Gasteiger partial charge in [-0.25, -0.2) is 4.68 Å². The molecule has 1 aromatic heterocycles. The summed E-state index contributed by atoms with van der Waals surface area (Å²) in [6, 6.07) is 9.89. The maximum atomic E-state index is 13.1. The van der Waals surface area contributed by atoms with Crippen LogP contribution in [0, 0.1) is 5.41 Å². The molecule has 2 N–H and O–H groups in total. The van der Waals surface area contributed by atoms with Gasteiger partial charge in [-0.05, 0) is 38.1 Å². The third kappa shape index (κ3) is 4.62. The first kappa shape index (κ1) is 20.6. The van der Waals surface area contributed by atoms with Gasteiger partial charge in [0, 0.05) is 30.7 Å². The fourth-order valence-electron chi connectivity index (χ4n) is 3.81. The summed E-state index contributed by atoms with van der Waals surface area (Å²) in [4.78, 5) is 13.1. The molecule has 0 unspecified atom stereocenters. The van der Waals surface area contributed by atoms with Crippen LogP contribution in [0.1, 0.15) is 49.7 Å². The molecule has 28 heavy (non-hydrogen) atoms. The molecule has 2 heterocycles. The summed E-state index contributed by atoms with van der Waals surface area (Å²) in [6.45, 7) is 9.44. The third-order valence-electron chi connectivity index (χ3n) is 5.43. The second-order valence-electron chi connectivity index (χ2n) is 8.79. The van der Waals surface area contributed by atoms with Crippen molar-refractivity contribution in [2.24, 2.45) is 5.41 Å². The van der Waals surface area contributed by atoms with Crippen LogP contribution in [0.15, 0.2) is 36.5 Å². The Morgan fingerprint density at radius 3 is 2.54 bits per heavy atom. The van der Waals surface area contributed by atoms with E-state index in [9.17, 15) is 4.79 Å². The number of carbonyl (C=O) groups excluding carboxylic acids is 1. The number of rotatable bonds is 6. The fourth-order valence-corrected chi connectivity index (χ4v) is 3.81. The minimum atomic E-state index is -0.230. The summed E-state index contributed by atoms with van der Waals surface area (Å²) in [6.07, 6.45) is 3.84. The number of methoxy groups -OCH3 is 1. The molecule has 0 saturated carbocycles. The number of hydrogen-bond donors (Lipinski definition) is 2. The Labute approximate surface area is 167 Å². The van der Waals surface area contributed by atoms with Crippen molar-refractivity contribution in [1.29, 1.82) is 0 Å². The topological polar surface area (TPSA) is 68.2 Å². The number of nitrogens with one attached hydrogen (secondary N) is 2. The zero-order valence-corrected chi connectivity index (χ0v) is 17.4. The maximum Gasteiger partial charge on any atom is 0.254 e. The molecule has 1 aliphatic rings. The van der Waals surface area contributed by atoms with Crippen LogP contribution >= 0.6 is 0 Å². The molecule has 2 aromatic rings. The Morgan fingerprint density at radius 2 is 1.93 bits per heavy atom. The number of hydrogen-bond acceptors (Lipinski definition) is 4. The van der Waals surface area contributed by atoms with Crippen molar-refractivity contribution in [3.05, 3.63) is 47.8 Å². The van der Waals surface area contributed by atoms with Crippen LogP contribution in [-0.4, -0.2) is 49.0 Å². The van der Waals surface area contributed by atoms with E-state index >= 15 is 0 Å². The van der Waals surface area contributed by atoms with Crippen LogP contribution in [0.5, 0.6) is 0 Å². The number of amides is 1. The quantitative estimate of drug-likeness (QED) is 0.804. The van der Waals surface area contributed by atoms with E-state index in [2.05, 4.69) is 31.4 Å². The number of ether oxygens (including phenoxy) is 1. The first-order valence-corrected chi connectivity index (χ1v) is 9.98. The van der Waals surface area contributed by atoms with Gasteiger partial charge in [0.15, 0.2) is 0 Å². The summed E-state index contributed by atoms with van der Waals surface area (Å²) < 4.78 is 7.26. The lowest BCUT2D eigenvalue weighted by molar-refractivity contribution is 0.0511. The molecule has 152 valence electrons. The molecule has 0 atom stereocenters. The van der Waals surface area contributed by atoms with Crippen molar-refractivity contribution in [1.82, 2.24) is 20.4 Å². The lowest BCUT2D eigenvalue weighted by Crippen LogP contribution is -2.47. The zero-order chi connectivity index (χ0) is 20.2. The van der Waals surface area contributed by atoms with Gasteiger partial charge in [-0.3, -0.25) is 4.79 Å². The highest BCUT2D eigenvalue weighted by atomic mass is 16.5. The van der Waals surface area contributed by atoms with E-state index < -0.39 is 0 Å². The van der Waals surface area contributed by atoms with Gasteiger partial charge in [0.05, 0.1) is 23.6 Å². The van der Waals surface area contributed by atoms with E-state index in [1.54, 1.807) is 11.8 Å². The summed E-state index contributed by atoms with van der Waals surface area (Å²) in [5.74, 6) is -0.0684. The molecular weight excluding hydrogens is 352 g/mol. The first-order valence-electron chi connectivity index (χ1n) is 9.98. The van der Waals surface area contributed by atoms with Crippen molar-refractivity contribution >= 4 is 5.91 Å². The van der Waals surface area contributed by atoms with Crippen molar-refractivity contribution in [2.75, 3.05) is 33.4 Å². The molecule has 0 bridgehead atoms. The highest BCUT2D eigenvalue weighted by Gasteiger charge is 2.33. The Balaban J connectivity index is 1.83. The molecule has 1 aliphatic heterocycles. The van der Waals surface area contributed by atoms with Gasteiger partial charge in [-0.15, -0.1) is 0 Å². The van der Waals surface area contributed by atoms with E-state index in [1.165, 1.54) is 0 Å². The molecule has 3 rings (SSSR count).